The monoisotopic (exact) mass is 348 g/mol. The van der Waals surface area contributed by atoms with Gasteiger partial charge in [-0.1, -0.05) is 12.1 Å². The first-order valence-corrected chi connectivity index (χ1v) is 8.54. The summed E-state index contributed by atoms with van der Waals surface area (Å²) in [5.41, 5.74) is 12.3. The largest absolute Gasteiger partial charge is 0.370 e. The Kier molecular flexibility index (Phi) is 5.02. The summed E-state index contributed by atoms with van der Waals surface area (Å²) in [7, 11) is 0. The molecule has 3 N–H and O–H groups in total. The van der Waals surface area contributed by atoms with Crippen molar-refractivity contribution in [3.8, 4) is 5.82 Å². The van der Waals surface area contributed by atoms with Crippen molar-refractivity contribution in [3.63, 3.8) is 0 Å². The number of hydrogen-bond acceptors (Lipinski definition) is 3. The van der Waals surface area contributed by atoms with Crippen LogP contribution < -0.4 is 11.1 Å². The van der Waals surface area contributed by atoms with E-state index in [1.54, 1.807) is 6.20 Å². The minimum absolute atomic E-state index is 0.387. The van der Waals surface area contributed by atoms with Gasteiger partial charge in [-0.05, 0) is 68.7 Å². The number of hydrogen-bond donors (Lipinski definition) is 2. The quantitative estimate of drug-likeness (QED) is 0.559. The molecule has 1 aromatic carbocycles. The summed E-state index contributed by atoms with van der Waals surface area (Å²) in [4.78, 5) is 8.87. The van der Waals surface area contributed by atoms with Crippen molar-refractivity contribution in [2.75, 3.05) is 5.32 Å². The molecule has 6 nitrogen and oxygen atoms in total. The number of aromatic nitrogens is 3. The van der Waals surface area contributed by atoms with E-state index >= 15 is 0 Å². The number of rotatable bonds is 4. The first-order chi connectivity index (χ1) is 12.4. The summed E-state index contributed by atoms with van der Waals surface area (Å²) in [5.74, 6) is 1.18. The minimum Gasteiger partial charge on any atom is -0.370 e. The van der Waals surface area contributed by atoms with Crippen molar-refractivity contribution in [1.29, 1.82) is 0 Å². The van der Waals surface area contributed by atoms with Crippen molar-refractivity contribution in [2.24, 2.45) is 10.7 Å². The van der Waals surface area contributed by atoms with Gasteiger partial charge in [-0.2, -0.15) is 5.10 Å². The molecule has 0 radical (unpaired) electrons. The van der Waals surface area contributed by atoms with Gasteiger partial charge in [0.05, 0.1) is 12.2 Å². The third kappa shape index (κ3) is 4.27. The Morgan fingerprint density at radius 1 is 1.08 bits per heavy atom. The lowest BCUT2D eigenvalue weighted by molar-refractivity contribution is 0.803. The van der Waals surface area contributed by atoms with Crippen molar-refractivity contribution in [1.82, 2.24) is 14.8 Å². The molecule has 3 rings (SSSR count). The Hall–Kier alpha value is -3.15. The maximum Gasteiger partial charge on any atom is 0.193 e. The highest BCUT2D eigenvalue weighted by Crippen LogP contribution is 2.14. The molecule has 0 spiro atoms. The maximum atomic E-state index is 6.00. The van der Waals surface area contributed by atoms with Gasteiger partial charge in [-0.3, -0.25) is 0 Å². The molecule has 0 bridgehead atoms. The highest BCUT2D eigenvalue weighted by molar-refractivity contribution is 5.92. The first-order valence-electron chi connectivity index (χ1n) is 8.54. The molecule has 3 aromatic rings. The van der Waals surface area contributed by atoms with Crippen LogP contribution in [0.1, 0.15) is 28.1 Å². The van der Waals surface area contributed by atoms with Crippen molar-refractivity contribution in [2.45, 2.75) is 34.2 Å². The molecule has 2 heterocycles. The smallest absolute Gasteiger partial charge is 0.193 e. The molecule has 0 saturated carbocycles. The summed E-state index contributed by atoms with van der Waals surface area (Å²) in [6.07, 6.45) is 1.80. The summed E-state index contributed by atoms with van der Waals surface area (Å²) in [5, 5.41) is 7.58. The van der Waals surface area contributed by atoms with E-state index in [1.807, 2.05) is 48.9 Å². The van der Waals surface area contributed by atoms with Gasteiger partial charge in [-0.15, -0.1) is 0 Å². The van der Waals surface area contributed by atoms with Crippen LogP contribution in [0.4, 0.5) is 5.69 Å². The molecular formula is C20H24N6. The Balaban J connectivity index is 1.67. The predicted molar refractivity (Wildman–Crippen MR) is 106 cm³/mol. The molecule has 0 atom stereocenters. The standard InChI is InChI=1S/C20H24N6/c1-13-7-14(2)9-18(8-13)24-20(21)23-12-17-5-6-19(22-11-17)26-16(4)10-15(3)25-26/h5-11H,12H2,1-4H3,(H3,21,23,24). The number of nitrogens with two attached hydrogens (primary N) is 1. The van der Waals surface area contributed by atoms with Crippen molar-refractivity contribution < 1.29 is 0 Å². The van der Waals surface area contributed by atoms with Crippen molar-refractivity contribution >= 4 is 11.6 Å². The van der Waals surface area contributed by atoms with Crippen LogP contribution in [-0.2, 0) is 6.54 Å². The van der Waals surface area contributed by atoms with E-state index in [0.717, 1.165) is 28.5 Å². The Morgan fingerprint density at radius 3 is 2.38 bits per heavy atom. The number of anilines is 1. The van der Waals surface area contributed by atoms with E-state index in [0.29, 0.717) is 12.5 Å². The van der Waals surface area contributed by atoms with Gasteiger partial charge < -0.3 is 11.1 Å². The van der Waals surface area contributed by atoms with Gasteiger partial charge >= 0.3 is 0 Å². The topological polar surface area (TPSA) is 81.1 Å². The molecule has 0 aliphatic rings. The van der Waals surface area contributed by atoms with Crippen LogP contribution in [0.25, 0.3) is 5.82 Å². The van der Waals surface area contributed by atoms with Crippen LogP contribution in [0.5, 0.6) is 0 Å². The van der Waals surface area contributed by atoms with Gasteiger partial charge in [0, 0.05) is 17.6 Å². The minimum atomic E-state index is 0.387. The van der Waals surface area contributed by atoms with Gasteiger partial charge in [0.1, 0.15) is 0 Å². The number of benzene rings is 1. The number of pyridine rings is 1. The Morgan fingerprint density at radius 2 is 1.81 bits per heavy atom. The number of nitrogens with zero attached hydrogens (tertiary/aromatic N) is 4. The zero-order valence-corrected chi connectivity index (χ0v) is 15.6. The van der Waals surface area contributed by atoms with Crippen LogP contribution in [0, 0.1) is 27.7 Å². The molecule has 0 unspecified atom stereocenters. The third-order valence-corrected chi connectivity index (χ3v) is 3.96. The zero-order chi connectivity index (χ0) is 18.7. The third-order valence-electron chi connectivity index (χ3n) is 3.96. The normalized spacial score (nSPS) is 11.6. The molecule has 0 amide bonds. The van der Waals surface area contributed by atoms with E-state index in [4.69, 9.17) is 5.73 Å². The molecule has 2 aromatic heterocycles. The summed E-state index contributed by atoms with van der Waals surface area (Å²) < 4.78 is 1.83. The van der Waals surface area contributed by atoms with Gasteiger partial charge in [0.25, 0.3) is 0 Å². The number of aryl methyl sites for hydroxylation is 4. The average Bonchev–Trinajstić information content (AvgIpc) is 2.91. The summed E-state index contributed by atoms with van der Waals surface area (Å²) in [6.45, 7) is 8.56. The summed E-state index contributed by atoms with van der Waals surface area (Å²) in [6, 6.07) is 12.2. The molecule has 0 fully saturated rings. The lowest BCUT2D eigenvalue weighted by Crippen LogP contribution is -2.22. The van der Waals surface area contributed by atoms with Crippen LogP contribution in [0.3, 0.4) is 0 Å². The molecule has 6 heteroatoms. The van der Waals surface area contributed by atoms with E-state index in [2.05, 4.69) is 40.3 Å². The second-order valence-corrected chi connectivity index (χ2v) is 6.57. The highest BCUT2D eigenvalue weighted by atomic mass is 15.3. The number of guanidine groups is 1. The molecule has 26 heavy (non-hydrogen) atoms. The van der Waals surface area contributed by atoms with Crippen LogP contribution in [0.2, 0.25) is 0 Å². The highest BCUT2D eigenvalue weighted by Gasteiger charge is 2.05. The molecule has 0 saturated heterocycles. The average molecular weight is 348 g/mol. The molecule has 0 aliphatic heterocycles. The fourth-order valence-corrected chi connectivity index (χ4v) is 2.91. The number of nitrogens with one attached hydrogen (secondary N) is 1. The summed E-state index contributed by atoms with van der Waals surface area (Å²) >= 11 is 0. The fourth-order valence-electron chi connectivity index (χ4n) is 2.91. The van der Waals surface area contributed by atoms with Gasteiger partial charge in [-0.25, -0.2) is 14.7 Å². The Labute approximate surface area is 153 Å². The molecule has 134 valence electrons. The zero-order valence-electron chi connectivity index (χ0n) is 15.6. The van der Waals surface area contributed by atoms with Crippen molar-refractivity contribution in [3.05, 3.63) is 70.7 Å². The van der Waals surface area contributed by atoms with Crippen LogP contribution in [0.15, 0.2) is 47.6 Å². The van der Waals surface area contributed by atoms with Crippen LogP contribution >= 0.6 is 0 Å². The van der Waals surface area contributed by atoms with Gasteiger partial charge in [0.15, 0.2) is 11.8 Å². The van der Waals surface area contributed by atoms with E-state index in [1.165, 1.54) is 11.1 Å². The van der Waals surface area contributed by atoms with Gasteiger partial charge in [0.2, 0.25) is 0 Å². The Bertz CT molecular complexity index is 917. The maximum absolute atomic E-state index is 6.00. The van der Waals surface area contributed by atoms with E-state index in [-0.39, 0.29) is 0 Å². The lowest BCUT2D eigenvalue weighted by atomic mass is 10.1. The van der Waals surface area contributed by atoms with E-state index < -0.39 is 0 Å². The second-order valence-electron chi connectivity index (χ2n) is 6.57. The predicted octanol–water partition coefficient (Wildman–Crippen LogP) is 3.43. The second kappa shape index (κ2) is 7.39. The first kappa shape index (κ1) is 17.7. The van der Waals surface area contributed by atoms with E-state index in [9.17, 15) is 0 Å². The molecule has 0 aliphatic carbocycles. The fraction of sp³-hybridized carbons (Fsp3) is 0.250. The van der Waals surface area contributed by atoms with Crippen LogP contribution in [-0.4, -0.2) is 20.7 Å². The SMILES string of the molecule is Cc1cc(C)cc(NC(N)=NCc2ccc(-n3nc(C)cc3C)nc2)c1. The lowest BCUT2D eigenvalue weighted by Gasteiger charge is -2.08. The molecular weight excluding hydrogens is 324 g/mol. The number of aliphatic imine (C=N–C) groups is 1.